The van der Waals surface area contributed by atoms with Gasteiger partial charge >= 0.3 is 0 Å². The second-order valence-corrected chi connectivity index (χ2v) is 4.51. The van der Waals surface area contributed by atoms with Gasteiger partial charge in [-0.15, -0.1) is 0 Å². The number of carbonyl (C=O) groups is 1. The average Bonchev–Trinajstić information content (AvgIpc) is 2.48. The number of nitriles is 1. The molecule has 0 spiro atoms. The fourth-order valence-electron chi connectivity index (χ4n) is 1.89. The van der Waals surface area contributed by atoms with Gasteiger partial charge in [-0.25, -0.2) is 0 Å². The molecule has 0 bridgehead atoms. The van der Waals surface area contributed by atoms with E-state index in [4.69, 9.17) is 11.6 Å². The molecular weight excluding hydrogens is 294 g/mol. The van der Waals surface area contributed by atoms with Crippen LogP contribution in [0, 0.1) is 21.4 Å². The Labute approximate surface area is 124 Å². The standard InChI is InChI=1S/C14H8ClN3O3/c15-11-2-1-3-12(18(20)21)13(11)14(19)10(8-16)9-4-6-17-7-5-9/h1-7,10H. The van der Waals surface area contributed by atoms with Crippen molar-refractivity contribution in [1.82, 2.24) is 4.98 Å². The summed E-state index contributed by atoms with van der Waals surface area (Å²) in [6.07, 6.45) is 2.88. The maximum absolute atomic E-state index is 12.5. The highest BCUT2D eigenvalue weighted by atomic mass is 35.5. The van der Waals surface area contributed by atoms with Crippen LogP contribution in [0.4, 0.5) is 5.69 Å². The Morgan fingerprint density at radius 2 is 2.00 bits per heavy atom. The van der Waals surface area contributed by atoms with Crippen molar-refractivity contribution in [3.63, 3.8) is 0 Å². The Kier molecular flexibility index (Phi) is 4.26. The summed E-state index contributed by atoms with van der Waals surface area (Å²) >= 11 is 5.91. The molecule has 1 aromatic heterocycles. The molecule has 0 N–H and O–H groups in total. The molecular formula is C14H8ClN3O3. The summed E-state index contributed by atoms with van der Waals surface area (Å²) in [6, 6.07) is 8.81. The number of hydrogen-bond acceptors (Lipinski definition) is 5. The van der Waals surface area contributed by atoms with Crippen molar-refractivity contribution in [1.29, 1.82) is 5.26 Å². The fraction of sp³-hybridized carbons (Fsp3) is 0.0714. The van der Waals surface area contributed by atoms with Crippen LogP contribution in [0.15, 0.2) is 42.7 Å². The second-order valence-electron chi connectivity index (χ2n) is 4.10. The fourth-order valence-corrected chi connectivity index (χ4v) is 2.16. The molecule has 0 aliphatic rings. The molecule has 2 rings (SSSR count). The van der Waals surface area contributed by atoms with E-state index in [1.54, 1.807) is 0 Å². The predicted molar refractivity (Wildman–Crippen MR) is 75.0 cm³/mol. The number of ketones is 1. The lowest BCUT2D eigenvalue weighted by molar-refractivity contribution is -0.385. The van der Waals surface area contributed by atoms with E-state index in [9.17, 15) is 20.2 Å². The molecule has 1 heterocycles. The third-order valence-corrected chi connectivity index (χ3v) is 3.18. The van der Waals surface area contributed by atoms with Gasteiger partial charge in [-0.3, -0.25) is 19.9 Å². The first-order chi connectivity index (χ1) is 10.1. The van der Waals surface area contributed by atoms with Crippen LogP contribution >= 0.6 is 11.6 Å². The van der Waals surface area contributed by atoms with E-state index in [-0.39, 0.29) is 10.6 Å². The number of Topliss-reactive ketones (excluding diaryl/α,β-unsaturated/α-hetero) is 1. The topological polar surface area (TPSA) is 96.9 Å². The number of benzene rings is 1. The minimum absolute atomic E-state index is 0.0523. The molecule has 0 aliphatic heterocycles. The van der Waals surface area contributed by atoms with Crippen LogP contribution in [-0.2, 0) is 0 Å². The van der Waals surface area contributed by atoms with E-state index in [1.807, 2.05) is 6.07 Å². The van der Waals surface area contributed by atoms with Gasteiger partial charge in [0.2, 0.25) is 0 Å². The van der Waals surface area contributed by atoms with E-state index < -0.39 is 22.3 Å². The Balaban J connectivity index is 2.54. The number of carbonyl (C=O) groups excluding carboxylic acids is 1. The lowest BCUT2D eigenvalue weighted by atomic mass is 9.91. The number of rotatable bonds is 4. The molecule has 0 fully saturated rings. The largest absolute Gasteiger partial charge is 0.292 e. The zero-order chi connectivity index (χ0) is 15.4. The number of halogens is 1. The third kappa shape index (κ3) is 2.88. The number of nitro benzene ring substituents is 1. The molecule has 1 unspecified atom stereocenters. The zero-order valence-electron chi connectivity index (χ0n) is 10.6. The second kappa shape index (κ2) is 6.11. The van der Waals surface area contributed by atoms with Crippen molar-refractivity contribution in [2.45, 2.75) is 5.92 Å². The summed E-state index contributed by atoms with van der Waals surface area (Å²) in [5, 5.41) is 20.2. The summed E-state index contributed by atoms with van der Waals surface area (Å²) < 4.78 is 0. The summed E-state index contributed by atoms with van der Waals surface area (Å²) in [5.41, 5.74) is -0.263. The molecule has 2 aromatic rings. The number of nitro groups is 1. The Hall–Kier alpha value is -2.78. The first-order valence-corrected chi connectivity index (χ1v) is 6.20. The van der Waals surface area contributed by atoms with Gasteiger partial charge < -0.3 is 0 Å². The van der Waals surface area contributed by atoms with Crippen LogP contribution in [0.25, 0.3) is 0 Å². The summed E-state index contributed by atoms with van der Waals surface area (Å²) in [7, 11) is 0. The normalized spacial score (nSPS) is 11.4. The van der Waals surface area contributed by atoms with Crippen molar-refractivity contribution >= 4 is 23.1 Å². The smallest absolute Gasteiger partial charge is 0.281 e. The molecule has 1 atom stereocenters. The van der Waals surface area contributed by atoms with Crippen LogP contribution < -0.4 is 0 Å². The monoisotopic (exact) mass is 301 g/mol. The highest BCUT2D eigenvalue weighted by molar-refractivity contribution is 6.35. The van der Waals surface area contributed by atoms with Crippen molar-refractivity contribution in [3.05, 3.63) is 69.0 Å². The molecule has 21 heavy (non-hydrogen) atoms. The van der Waals surface area contributed by atoms with Gasteiger partial charge in [0.1, 0.15) is 11.5 Å². The van der Waals surface area contributed by atoms with Gasteiger partial charge in [0.25, 0.3) is 5.69 Å². The lowest BCUT2D eigenvalue weighted by Crippen LogP contribution is -2.14. The first kappa shape index (κ1) is 14.6. The highest BCUT2D eigenvalue weighted by Crippen LogP contribution is 2.31. The van der Waals surface area contributed by atoms with Crippen molar-refractivity contribution < 1.29 is 9.72 Å². The molecule has 6 nitrogen and oxygen atoms in total. The molecule has 0 saturated carbocycles. The Morgan fingerprint density at radius 1 is 1.33 bits per heavy atom. The van der Waals surface area contributed by atoms with Crippen LogP contribution in [-0.4, -0.2) is 15.7 Å². The molecule has 0 saturated heterocycles. The van der Waals surface area contributed by atoms with Gasteiger partial charge in [0, 0.05) is 18.5 Å². The maximum atomic E-state index is 12.5. The van der Waals surface area contributed by atoms with Crippen LogP contribution in [0.2, 0.25) is 5.02 Å². The van der Waals surface area contributed by atoms with E-state index in [2.05, 4.69) is 4.98 Å². The molecule has 104 valence electrons. The highest BCUT2D eigenvalue weighted by Gasteiger charge is 2.30. The van der Waals surface area contributed by atoms with E-state index in [0.717, 1.165) is 0 Å². The maximum Gasteiger partial charge on any atom is 0.281 e. The van der Waals surface area contributed by atoms with Gasteiger partial charge in [-0.2, -0.15) is 5.26 Å². The van der Waals surface area contributed by atoms with Crippen LogP contribution in [0.5, 0.6) is 0 Å². The molecule has 0 amide bonds. The summed E-state index contributed by atoms with van der Waals surface area (Å²) in [6.45, 7) is 0. The SMILES string of the molecule is N#CC(C(=O)c1c(Cl)cccc1[N+](=O)[O-])c1ccncc1. The van der Waals surface area contributed by atoms with Gasteiger partial charge in [-0.05, 0) is 23.8 Å². The van der Waals surface area contributed by atoms with Crippen molar-refractivity contribution in [2.24, 2.45) is 0 Å². The van der Waals surface area contributed by atoms with Crippen molar-refractivity contribution in [2.75, 3.05) is 0 Å². The minimum Gasteiger partial charge on any atom is -0.292 e. The third-order valence-electron chi connectivity index (χ3n) is 2.87. The van der Waals surface area contributed by atoms with Gasteiger partial charge in [0.15, 0.2) is 5.78 Å². The molecule has 1 aromatic carbocycles. The van der Waals surface area contributed by atoms with Crippen LogP contribution in [0.1, 0.15) is 21.8 Å². The number of aromatic nitrogens is 1. The van der Waals surface area contributed by atoms with E-state index in [1.165, 1.54) is 42.7 Å². The predicted octanol–water partition coefficient (Wildman–Crippen LogP) is 3.13. The van der Waals surface area contributed by atoms with E-state index >= 15 is 0 Å². The first-order valence-electron chi connectivity index (χ1n) is 5.83. The quantitative estimate of drug-likeness (QED) is 0.491. The van der Waals surface area contributed by atoms with Gasteiger partial charge in [0.05, 0.1) is 16.0 Å². The molecule has 7 heteroatoms. The van der Waals surface area contributed by atoms with E-state index in [0.29, 0.717) is 5.56 Å². The molecule has 0 radical (unpaired) electrons. The number of nitrogens with zero attached hydrogens (tertiary/aromatic N) is 3. The van der Waals surface area contributed by atoms with Gasteiger partial charge in [-0.1, -0.05) is 17.7 Å². The summed E-state index contributed by atoms with van der Waals surface area (Å²) in [5.74, 6) is -1.88. The Morgan fingerprint density at radius 3 is 2.57 bits per heavy atom. The number of hydrogen-bond donors (Lipinski definition) is 0. The van der Waals surface area contributed by atoms with Crippen molar-refractivity contribution in [3.8, 4) is 6.07 Å². The van der Waals surface area contributed by atoms with Crippen LogP contribution in [0.3, 0.4) is 0 Å². The number of pyridine rings is 1. The average molecular weight is 302 g/mol. The lowest BCUT2D eigenvalue weighted by Gasteiger charge is -2.10. The minimum atomic E-state index is -1.17. The zero-order valence-corrected chi connectivity index (χ0v) is 11.3. The molecule has 0 aliphatic carbocycles. The Bertz CT molecular complexity index is 741. The summed E-state index contributed by atoms with van der Waals surface area (Å²) in [4.78, 5) is 26.6.